The summed E-state index contributed by atoms with van der Waals surface area (Å²) in [6, 6.07) is 22.4. The minimum Gasteiger partial charge on any atom is -0.340 e. The number of aromatic nitrogens is 1. The number of hydrogen-bond acceptors (Lipinski definition) is 2. The van der Waals surface area contributed by atoms with E-state index < -0.39 is 0 Å². The van der Waals surface area contributed by atoms with Crippen LogP contribution in [-0.4, -0.2) is 23.0 Å². The molecule has 1 N–H and O–H groups in total. The summed E-state index contributed by atoms with van der Waals surface area (Å²) in [5, 5.41) is 6.02. The molecule has 3 aromatic carbocycles. The summed E-state index contributed by atoms with van der Waals surface area (Å²) < 4.78 is 0. The molecule has 0 unspecified atom stereocenters. The van der Waals surface area contributed by atoms with Crippen LogP contribution in [-0.2, 0) is 0 Å². The van der Waals surface area contributed by atoms with Crippen LogP contribution in [0.4, 0.5) is 4.79 Å². The Labute approximate surface area is 168 Å². The molecule has 1 aromatic heterocycles. The Morgan fingerprint density at radius 3 is 2.45 bits per heavy atom. The van der Waals surface area contributed by atoms with Gasteiger partial charge in [0.05, 0.1) is 11.2 Å². The summed E-state index contributed by atoms with van der Waals surface area (Å²) in [5.74, 6) is 0. The summed E-state index contributed by atoms with van der Waals surface area (Å²) in [6.45, 7) is 4.21. The van der Waals surface area contributed by atoms with Crippen molar-refractivity contribution in [1.29, 1.82) is 0 Å². The minimum absolute atomic E-state index is 0.218. The number of carbonyl (C=O) groups is 1. The first kappa shape index (κ1) is 17.2. The third-order valence-corrected chi connectivity index (χ3v) is 5.40. The molecule has 0 aliphatic carbocycles. The highest BCUT2D eigenvalue weighted by atomic mass is 16.2. The number of nitrogens with zero attached hydrogens (tertiary/aromatic N) is 2. The summed E-state index contributed by atoms with van der Waals surface area (Å²) in [4.78, 5) is 18.7. The van der Waals surface area contributed by atoms with Crippen molar-refractivity contribution >= 4 is 39.0 Å². The maximum Gasteiger partial charge on any atom is 0.325 e. The first-order valence-electron chi connectivity index (χ1n) is 9.46. The molecule has 0 saturated heterocycles. The van der Waals surface area contributed by atoms with Crippen LogP contribution < -0.4 is 5.32 Å². The Kier molecular flexibility index (Phi) is 3.91. The molecule has 140 valence electrons. The summed E-state index contributed by atoms with van der Waals surface area (Å²) in [5.41, 5.74) is 5.60. The molecule has 1 aliphatic heterocycles. The van der Waals surface area contributed by atoms with E-state index in [0.717, 1.165) is 43.9 Å². The van der Waals surface area contributed by atoms with Gasteiger partial charge in [0, 0.05) is 36.0 Å². The smallest absolute Gasteiger partial charge is 0.325 e. The van der Waals surface area contributed by atoms with E-state index in [1.165, 1.54) is 0 Å². The highest BCUT2D eigenvalue weighted by Gasteiger charge is 2.26. The zero-order valence-electron chi connectivity index (χ0n) is 16.0. The molecule has 0 radical (unpaired) electrons. The number of nitrogens with one attached hydrogen (secondary N) is 1. The van der Waals surface area contributed by atoms with Crippen molar-refractivity contribution in [3.63, 3.8) is 0 Å². The Hall–Kier alpha value is -3.92. The van der Waals surface area contributed by atoms with Crippen molar-refractivity contribution in [2.45, 2.75) is 0 Å². The fraction of sp³-hybridized carbons (Fsp3) is 0.0400. The highest BCUT2D eigenvalue weighted by molar-refractivity contribution is 6.05. The molecular weight excluding hydrogens is 358 g/mol. The molecule has 2 heterocycles. The molecule has 4 aromatic rings. The van der Waals surface area contributed by atoms with Crippen LogP contribution >= 0.6 is 0 Å². The first-order valence-corrected chi connectivity index (χ1v) is 9.46. The maximum atomic E-state index is 12.6. The lowest BCUT2D eigenvalue weighted by Gasteiger charge is -2.30. The van der Waals surface area contributed by atoms with Gasteiger partial charge in [-0.1, -0.05) is 49.0 Å². The van der Waals surface area contributed by atoms with Crippen molar-refractivity contribution in [1.82, 2.24) is 15.2 Å². The lowest BCUT2D eigenvalue weighted by Crippen LogP contribution is -2.34. The Morgan fingerprint density at radius 1 is 0.931 bits per heavy atom. The van der Waals surface area contributed by atoms with E-state index in [1.54, 1.807) is 18.1 Å². The van der Waals surface area contributed by atoms with E-state index >= 15 is 0 Å². The van der Waals surface area contributed by atoms with Crippen molar-refractivity contribution < 1.29 is 4.79 Å². The van der Waals surface area contributed by atoms with E-state index in [4.69, 9.17) is 0 Å². The first-order chi connectivity index (χ1) is 14.2. The SMILES string of the molecule is C=C1c2cc3ccccc3cc2C(c2cccc3ncccc23)=CN1C(=O)NC. The van der Waals surface area contributed by atoms with E-state index in [0.29, 0.717) is 5.70 Å². The third kappa shape index (κ3) is 2.69. The fourth-order valence-corrected chi connectivity index (χ4v) is 3.96. The van der Waals surface area contributed by atoms with E-state index in [9.17, 15) is 4.79 Å². The van der Waals surface area contributed by atoms with Gasteiger partial charge in [-0.3, -0.25) is 9.88 Å². The van der Waals surface area contributed by atoms with Crippen LogP contribution in [0.3, 0.4) is 0 Å². The monoisotopic (exact) mass is 377 g/mol. The number of urea groups is 1. The molecule has 29 heavy (non-hydrogen) atoms. The molecule has 0 bridgehead atoms. The van der Waals surface area contributed by atoms with Gasteiger partial charge in [0.2, 0.25) is 0 Å². The van der Waals surface area contributed by atoms with E-state index in [1.807, 2.05) is 36.5 Å². The second-order valence-corrected chi connectivity index (χ2v) is 7.04. The van der Waals surface area contributed by atoms with Crippen LogP contribution in [0, 0.1) is 0 Å². The van der Waals surface area contributed by atoms with Gasteiger partial charge in [0.25, 0.3) is 0 Å². The minimum atomic E-state index is -0.218. The maximum absolute atomic E-state index is 12.6. The second-order valence-electron chi connectivity index (χ2n) is 7.04. The number of benzene rings is 3. The zero-order chi connectivity index (χ0) is 20.0. The predicted molar refractivity (Wildman–Crippen MR) is 118 cm³/mol. The quantitative estimate of drug-likeness (QED) is 0.482. The lowest BCUT2D eigenvalue weighted by atomic mass is 9.87. The Morgan fingerprint density at radius 2 is 1.69 bits per heavy atom. The molecular formula is C25H19N3O. The van der Waals surface area contributed by atoms with Gasteiger partial charge in [-0.05, 0) is 46.2 Å². The normalized spacial score (nSPS) is 13.3. The van der Waals surface area contributed by atoms with Crippen LogP contribution in [0.1, 0.15) is 16.7 Å². The van der Waals surface area contributed by atoms with Gasteiger partial charge >= 0.3 is 6.03 Å². The van der Waals surface area contributed by atoms with Crippen molar-refractivity contribution in [3.05, 3.63) is 102 Å². The van der Waals surface area contributed by atoms with E-state index in [-0.39, 0.29) is 6.03 Å². The van der Waals surface area contributed by atoms with Crippen molar-refractivity contribution in [2.75, 3.05) is 7.05 Å². The third-order valence-electron chi connectivity index (χ3n) is 5.40. The lowest BCUT2D eigenvalue weighted by molar-refractivity contribution is 0.230. The van der Waals surface area contributed by atoms with Crippen molar-refractivity contribution in [2.24, 2.45) is 0 Å². The van der Waals surface area contributed by atoms with Gasteiger partial charge in [0.1, 0.15) is 0 Å². The zero-order valence-corrected chi connectivity index (χ0v) is 16.0. The standard InChI is InChI=1S/C25H19N3O/c1-16-21-13-17-7-3-4-8-18(17)14-22(21)23(15-28(16)25(29)26-2)19-9-5-11-24-20(19)10-6-12-27-24/h3-15H,1H2,2H3,(H,26,29). The topological polar surface area (TPSA) is 45.2 Å². The molecule has 1 aliphatic rings. The predicted octanol–water partition coefficient (Wildman–Crippen LogP) is 5.40. The highest BCUT2D eigenvalue weighted by Crippen LogP contribution is 2.40. The number of carbonyl (C=O) groups excluding carboxylic acids is 1. The van der Waals surface area contributed by atoms with Crippen LogP contribution in [0.5, 0.6) is 0 Å². The fourth-order valence-electron chi connectivity index (χ4n) is 3.96. The van der Waals surface area contributed by atoms with Crippen LogP contribution in [0.15, 0.2) is 85.7 Å². The number of amides is 2. The van der Waals surface area contributed by atoms with Gasteiger partial charge < -0.3 is 5.32 Å². The van der Waals surface area contributed by atoms with Crippen molar-refractivity contribution in [3.8, 4) is 0 Å². The molecule has 2 amide bonds. The average molecular weight is 377 g/mol. The number of fused-ring (bicyclic) bond motifs is 3. The molecule has 4 nitrogen and oxygen atoms in total. The number of rotatable bonds is 1. The molecule has 5 rings (SSSR count). The average Bonchev–Trinajstić information content (AvgIpc) is 2.77. The Bertz CT molecular complexity index is 1330. The van der Waals surface area contributed by atoms with Gasteiger partial charge in [0.15, 0.2) is 0 Å². The largest absolute Gasteiger partial charge is 0.340 e. The summed E-state index contributed by atoms with van der Waals surface area (Å²) >= 11 is 0. The second kappa shape index (κ2) is 6.60. The molecule has 0 saturated carbocycles. The molecule has 0 fully saturated rings. The van der Waals surface area contributed by atoms with Crippen LogP contribution in [0.2, 0.25) is 0 Å². The van der Waals surface area contributed by atoms with Gasteiger partial charge in [-0.15, -0.1) is 0 Å². The summed E-state index contributed by atoms with van der Waals surface area (Å²) in [7, 11) is 1.63. The molecule has 0 spiro atoms. The number of hydrogen-bond donors (Lipinski definition) is 1. The van der Waals surface area contributed by atoms with Gasteiger partial charge in [-0.25, -0.2) is 4.79 Å². The molecule has 4 heteroatoms. The Balaban J connectivity index is 1.84. The molecule has 0 atom stereocenters. The number of pyridine rings is 1. The van der Waals surface area contributed by atoms with E-state index in [2.05, 4.69) is 53.3 Å². The van der Waals surface area contributed by atoms with Crippen LogP contribution in [0.25, 0.3) is 32.9 Å². The van der Waals surface area contributed by atoms with Gasteiger partial charge in [-0.2, -0.15) is 0 Å². The summed E-state index contributed by atoms with van der Waals surface area (Å²) in [6.07, 6.45) is 3.67.